The zero-order valence-corrected chi connectivity index (χ0v) is 16.1. The van der Waals surface area contributed by atoms with Gasteiger partial charge in [0.25, 0.3) is 0 Å². The van der Waals surface area contributed by atoms with Gasteiger partial charge in [-0.3, -0.25) is 19.8 Å². The van der Waals surface area contributed by atoms with Crippen LogP contribution in [0.4, 0.5) is 10.5 Å². The summed E-state index contributed by atoms with van der Waals surface area (Å²) in [5, 5.41) is 29.9. The molecule has 0 spiro atoms. The fraction of sp³-hybridized carbons (Fsp3) is 0.467. The van der Waals surface area contributed by atoms with E-state index in [2.05, 4.69) is 0 Å². The van der Waals surface area contributed by atoms with Crippen molar-refractivity contribution in [2.24, 2.45) is 0 Å². The van der Waals surface area contributed by atoms with Crippen molar-refractivity contribution in [2.75, 3.05) is 39.3 Å². The highest BCUT2D eigenvalue weighted by molar-refractivity contribution is 5.99. The van der Waals surface area contributed by atoms with Crippen LogP contribution in [0.5, 0.6) is 11.5 Å². The number of carbonyl (C=O) groups is 2. The van der Waals surface area contributed by atoms with Crippen molar-refractivity contribution in [2.45, 2.75) is 6.92 Å². The summed E-state index contributed by atoms with van der Waals surface area (Å²) < 4.78 is 4.91. The smallest absolute Gasteiger partial charge is 0.409 e. The van der Waals surface area contributed by atoms with E-state index in [-0.39, 0.29) is 36.9 Å². The van der Waals surface area contributed by atoms with E-state index in [1.54, 1.807) is 16.7 Å². The lowest BCUT2D eigenvalue weighted by molar-refractivity contribution is -0.386. The van der Waals surface area contributed by atoms with E-state index >= 15 is 0 Å². The van der Waals surface area contributed by atoms with Gasteiger partial charge in [0.2, 0.25) is 5.75 Å². The Morgan fingerprint density at radius 2 is 1.78 bits per heavy atom. The van der Waals surface area contributed by atoms with Crippen molar-refractivity contribution in [1.82, 2.24) is 9.80 Å². The van der Waals surface area contributed by atoms with E-state index in [9.17, 15) is 29.9 Å². The SMILES string of the molecule is CCOC(=O)N1CCN(CC(=O)c2cc(O)c(O)c([N+](=O)[O-])c2)CC1.Cl.Cl. The number of piperazine rings is 1. The number of hydrogen-bond acceptors (Lipinski definition) is 8. The maximum Gasteiger partial charge on any atom is 0.409 e. The van der Waals surface area contributed by atoms with Crippen LogP contribution in [-0.4, -0.2) is 76.1 Å². The quantitative estimate of drug-likeness (QED) is 0.315. The van der Waals surface area contributed by atoms with Crippen LogP contribution in [0, 0.1) is 10.1 Å². The molecule has 0 saturated carbocycles. The van der Waals surface area contributed by atoms with E-state index < -0.39 is 34.0 Å². The summed E-state index contributed by atoms with van der Waals surface area (Å²) in [5.74, 6) is -2.02. The number of rotatable bonds is 5. The summed E-state index contributed by atoms with van der Waals surface area (Å²) >= 11 is 0. The van der Waals surface area contributed by atoms with Gasteiger partial charge in [0.15, 0.2) is 11.5 Å². The number of halogens is 2. The predicted octanol–water partition coefficient (Wildman–Crippen LogP) is 1.81. The zero-order valence-electron chi connectivity index (χ0n) is 14.5. The molecule has 0 bridgehead atoms. The molecule has 0 aromatic heterocycles. The highest BCUT2D eigenvalue weighted by Crippen LogP contribution is 2.36. The highest BCUT2D eigenvalue weighted by Gasteiger charge is 2.25. The number of ether oxygens (including phenoxy) is 1. The third-order valence-corrected chi connectivity index (χ3v) is 3.85. The summed E-state index contributed by atoms with van der Waals surface area (Å²) in [6.45, 7) is 3.73. The summed E-state index contributed by atoms with van der Waals surface area (Å²) in [7, 11) is 0. The second-order valence-corrected chi connectivity index (χ2v) is 5.51. The number of aromatic hydroxyl groups is 2. The van der Waals surface area contributed by atoms with E-state index in [0.717, 1.165) is 12.1 Å². The number of Topliss-reactive ketones (excluding diaryl/α,β-unsaturated/α-hetero) is 1. The number of nitrogens with zero attached hydrogens (tertiary/aromatic N) is 3. The lowest BCUT2D eigenvalue weighted by atomic mass is 10.1. The monoisotopic (exact) mass is 425 g/mol. The summed E-state index contributed by atoms with van der Waals surface area (Å²) in [6, 6.07) is 1.94. The molecule has 0 aliphatic carbocycles. The second-order valence-electron chi connectivity index (χ2n) is 5.51. The Hall–Kier alpha value is -2.30. The van der Waals surface area contributed by atoms with Gasteiger partial charge in [-0.05, 0) is 13.0 Å². The average molecular weight is 426 g/mol. The Kier molecular flexibility index (Phi) is 9.84. The number of benzene rings is 1. The van der Waals surface area contributed by atoms with Crippen molar-refractivity contribution in [1.29, 1.82) is 0 Å². The molecule has 1 heterocycles. The van der Waals surface area contributed by atoms with E-state index in [4.69, 9.17) is 4.74 Å². The van der Waals surface area contributed by atoms with Gasteiger partial charge in [-0.2, -0.15) is 0 Å². The van der Waals surface area contributed by atoms with Crippen molar-refractivity contribution in [3.8, 4) is 11.5 Å². The number of ketones is 1. The summed E-state index contributed by atoms with van der Waals surface area (Å²) in [6.07, 6.45) is -0.396. The maximum atomic E-state index is 12.3. The second kappa shape index (κ2) is 10.8. The average Bonchev–Trinajstić information content (AvgIpc) is 2.57. The summed E-state index contributed by atoms with van der Waals surface area (Å²) in [4.78, 5) is 37.3. The van der Waals surface area contributed by atoms with Gasteiger partial charge in [-0.1, -0.05) is 0 Å². The molecular formula is C15H21Cl2N3O7. The van der Waals surface area contributed by atoms with Crippen molar-refractivity contribution in [3.63, 3.8) is 0 Å². The molecule has 2 rings (SSSR count). The first-order valence-electron chi connectivity index (χ1n) is 7.71. The van der Waals surface area contributed by atoms with Crippen LogP contribution >= 0.6 is 24.8 Å². The number of hydrogen-bond donors (Lipinski definition) is 2. The number of phenols is 2. The first-order chi connectivity index (χ1) is 11.8. The molecule has 10 nitrogen and oxygen atoms in total. The minimum Gasteiger partial charge on any atom is -0.504 e. The van der Waals surface area contributed by atoms with E-state index in [1.165, 1.54) is 0 Å². The van der Waals surface area contributed by atoms with Crippen molar-refractivity contribution >= 4 is 42.4 Å². The highest BCUT2D eigenvalue weighted by atomic mass is 35.5. The number of nitro benzene ring substituents is 1. The maximum absolute atomic E-state index is 12.3. The first-order valence-corrected chi connectivity index (χ1v) is 7.71. The number of amides is 1. The Bertz CT molecular complexity index is 694. The molecule has 1 amide bonds. The fourth-order valence-electron chi connectivity index (χ4n) is 2.50. The summed E-state index contributed by atoms with van der Waals surface area (Å²) in [5.41, 5.74) is -0.787. The molecule has 27 heavy (non-hydrogen) atoms. The number of nitro groups is 1. The van der Waals surface area contributed by atoms with Gasteiger partial charge < -0.3 is 19.8 Å². The van der Waals surface area contributed by atoms with Crippen LogP contribution in [0.25, 0.3) is 0 Å². The third kappa shape index (κ3) is 6.12. The molecule has 2 N–H and O–H groups in total. The molecule has 1 saturated heterocycles. The molecular weight excluding hydrogens is 405 g/mol. The van der Waals surface area contributed by atoms with Crippen LogP contribution < -0.4 is 0 Å². The zero-order chi connectivity index (χ0) is 18.6. The number of carbonyl (C=O) groups excluding carboxylic acids is 2. The Labute approximate surface area is 167 Å². The fourth-order valence-corrected chi connectivity index (χ4v) is 2.50. The molecule has 1 aromatic rings. The van der Waals surface area contributed by atoms with Gasteiger partial charge in [-0.25, -0.2) is 4.79 Å². The molecule has 1 fully saturated rings. The lowest BCUT2D eigenvalue weighted by Gasteiger charge is -2.33. The molecule has 0 radical (unpaired) electrons. The molecule has 1 aromatic carbocycles. The van der Waals surface area contributed by atoms with Crippen molar-refractivity contribution < 1.29 is 29.5 Å². The third-order valence-electron chi connectivity index (χ3n) is 3.85. The van der Waals surface area contributed by atoms with Gasteiger partial charge in [-0.15, -0.1) is 24.8 Å². The largest absolute Gasteiger partial charge is 0.504 e. The molecule has 0 unspecified atom stereocenters. The molecule has 152 valence electrons. The standard InChI is InChI=1S/C15H19N3O7.2ClH/c1-2-25-15(22)17-5-3-16(4-6-17)9-13(20)10-7-11(18(23)24)14(21)12(19)8-10;;/h7-8,19,21H,2-6,9H2,1H3;2*1H. The Morgan fingerprint density at radius 3 is 2.30 bits per heavy atom. The van der Waals surface area contributed by atoms with Gasteiger partial charge in [0.05, 0.1) is 18.1 Å². The van der Waals surface area contributed by atoms with Crippen LogP contribution in [0.2, 0.25) is 0 Å². The normalized spacial score (nSPS) is 13.9. The van der Waals surface area contributed by atoms with Gasteiger partial charge in [0, 0.05) is 37.8 Å². The topological polar surface area (TPSA) is 133 Å². The lowest BCUT2D eigenvalue weighted by Crippen LogP contribution is -2.50. The van der Waals surface area contributed by atoms with Gasteiger partial charge in [0.1, 0.15) is 0 Å². The minimum atomic E-state index is -0.871. The molecule has 1 aliphatic heterocycles. The minimum absolute atomic E-state index is 0. The number of phenolic OH excluding ortho intramolecular Hbond substituents is 2. The van der Waals surface area contributed by atoms with E-state index in [1.807, 2.05) is 0 Å². The molecule has 12 heteroatoms. The van der Waals surface area contributed by atoms with Crippen molar-refractivity contribution in [3.05, 3.63) is 27.8 Å². The molecule has 0 atom stereocenters. The van der Waals surface area contributed by atoms with Crippen LogP contribution in [0.15, 0.2) is 12.1 Å². The first kappa shape index (κ1) is 24.7. The predicted molar refractivity (Wildman–Crippen MR) is 100 cm³/mol. The van der Waals surface area contributed by atoms with Gasteiger partial charge >= 0.3 is 11.8 Å². The van der Waals surface area contributed by atoms with Crippen LogP contribution in [0.3, 0.4) is 0 Å². The van der Waals surface area contributed by atoms with Crippen LogP contribution in [0.1, 0.15) is 17.3 Å². The van der Waals surface area contributed by atoms with Crippen LogP contribution in [-0.2, 0) is 4.74 Å². The molecule has 1 aliphatic rings. The Balaban J connectivity index is 0.00000338. The van der Waals surface area contributed by atoms with E-state index in [0.29, 0.717) is 32.8 Å². The Morgan fingerprint density at radius 1 is 1.19 bits per heavy atom.